The van der Waals surface area contributed by atoms with Crippen LogP contribution in [0.3, 0.4) is 0 Å². The van der Waals surface area contributed by atoms with Crippen molar-refractivity contribution >= 4 is 11.7 Å². The summed E-state index contributed by atoms with van der Waals surface area (Å²) in [7, 11) is 3.23. The minimum atomic E-state index is -0.291. The molecule has 0 aromatic heterocycles. The average Bonchev–Trinajstić information content (AvgIpc) is 3.14. The van der Waals surface area contributed by atoms with Gasteiger partial charge in [0.25, 0.3) is 0 Å². The first-order chi connectivity index (χ1) is 17.6. The summed E-state index contributed by atoms with van der Waals surface area (Å²) in [6.07, 6.45) is 4.42. The number of nitrogens with zero attached hydrogens (tertiary/aromatic N) is 2. The van der Waals surface area contributed by atoms with E-state index in [2.05, 4.69) is 32.5 Å². The third kappa shape index (κ3) is 7.31. The Morgan fingerprint density at radius 3 is 2.51 bits per heavy atom. The second-order valence-corrected chi connectivity index (χ2v) is 10.4. The number of carbonyl (C=O) groups is 1. The van der Waals surface area contributed by atoms with E-state index in [0.29, 0.717) is 43.5 Å². The number of hydrazone groups is 1. The molecule has 1 aromatic rings. The van der Waals surface area contributed by atoms with Crippen molar-refractivity contribution in [1.82, 2.24) is 5.01 Å². The number of allylic oxidation sites excluding steroid dienone is 2. The fraction of sp³-hybridized carbons (Fsp3) is 0.517. The van der Waals surface area contributed by atoms with Crippen LogP contribution in [-0.2, 0) is 19.6 Å². The van der Waals surface area contributed by atoms with Crippen molar-refractivity contribution in [3.63, 3.8) is 0 Å². The van der Waals surface area contributed by atoms with E-state index in [9.17, 15) is 4.79 Å². The Kier molecular flexibility index (Phi) is 9.70. The molecule has 2 aliphatic rings. The molecule has 2 aliphatic heterocycles. The molecule has 37 heavy (non-hydrogen) atoms. The Hall–Kier alpha value is -2.94. The number of carbonyl (C=O) groups excluding carboxylic acids is 1. The summed E-state index contributed by atoms with van der Waals surface area (Å²) < 4.78 is 22.3. The van der Waals surface area contributed by atoms with Crippen molar-refractivity contribution in [2.24, 2.45) is 11.0 Å². The molecular formula is C29H40N2O6. The van der Waals surface area contributed by atoms with Gasteiger partial charge in [0.2, 0.25) is 5.90 Å². The van der Waals surface area contributed by atoms with Gasteiger partial charge >= 0.3 is 0 Å². The summed E-state index contributed by atoms with van der Waals surface area (Å²) >= 11 is 0. The van der Waals surface area contributed by atoms with Crippen LogP contribution in [0.1, 0.15) is 56.5 Å². The standard InChI is InChI=1S/C29H40N2O6/c1-19-11-28(37-25(17-34-6)18-35-7)30-31-20(2)21(14-26(19)31)15-27(33)22-12-23(29(3,4)5)16-24(13-22)36-10-8-9-32/h11-14,16,21,25,32H,2,8-10,15,17-18H2,1,3-7H3. The molecule has 202 valence electrons. The number of hydrogen-bond acceptors (Lipinski definition) is 8. The number of Topliss-reactive ketones (excluding diaryl/α,β-unsaturated/α-hetero) is 1. The smallest absolute Gasteiger partial charge is 0.232 e. The second-order valence-electron chi connectivity index (χ2n) is 10.4. The van der Waals surface area contributed by atoms with E-state index in [1.54, 1.807) is 25.3 Å². The van der Waals surface area contributed by atoms with Gasteiger partial charge in [-0.2, -0.15) is 0 Å². The molecule has 0 saturated heterocycles. The lowest BCUT2D eigenvalue weighted by Crippen LogP contribution is -2.30. The van der Waals surface area contributed by atoms with E-state index in [-0.39, 0.29) is 36.2 Å². The zero-order valence-electron chi connectivity index (χ0n) is 22.9. The highest BCUT2D eigenvalue weighted by atomic mass is 16.6. The molecule has 0 amide bonds. The number of hydrogen-bond donors (Lipinski definition) is 1. The Morgan fingerprint density at radius 1 is 1.19 bits per heavy atom. The van der Waals surface area contributed by atoms with Gasteiger partial charge in [0, 0.05) is 56.9 Å². The first-order valence-electron chi connectivity index (χ1n) is 12.6. The highest BCUT2D eigenvalue weighted by Crippen LogP contribution is 2.38. The fourth-order valence-electron chi connectivity index (χ4n) is 4.21. The minimum absolute atomic E-state index is 0.00305. The van der Waals surface area contributed by atoms with Crippen molar-refractivity contribution in [2.45, 2.75) is 52.1 Å². The van der Waals surface area contributed by atoms with Gasteiger partial charge in [-0.3, -0.25) is 4.79 Å². The normalized spacial score (nSPS) is 17.4. The Balaban J connectivity index is 1.78. The van der Waals surface area contributed by atoms with E-state index in [1.807, 2.05) is 31.2 Å². The third-order valence-corrected chi connectivity index (χ3v) is 6.29. The molecule has 8 heteroatoms. The van der Waals surface area contributed by atoms with Crippen LogP contribution < -0.4 is 4.74 Å². The lowest BCUT2D eigenvalue weighted by molar-refractivity contribution is 0.0173. The van der Waals surface area contributed by atoms with Gasteiger partial charge in [0.15, 0.2) is 5.78 Å². The van der Waals surface area contributed by atoms with Gasteiger partial charge < -0.3 is 24.1 Å². The molecule has 2 heterocycles. The molecule has 0 bridgehead atoms. The highest BCUT2D eigenvalue weighted by molar-refractivity contribution is 5.97. The monoisotopic (exact) mass is 512 g/mol. The number of methoxy groups -OCH3 is 2. The molecular weight excluding hydrogens is 472 g/mol. The van der Waals surface area contributed by atoms with Crippen molar-refractivity contribution in [3.8, 4) is 5.75 Å². The number of aliphatic hydroxyl groups is 1. The Bertz CT molecular complexity index is 1080. The average molecular weight is 513 g/mol. The largest absolute Gasteiger partial charge is 0.493 e. The number of ether oxygens (including phenoxy) is 4. The van der Waals surface area contributed by atoms with Crippen LogP contribution in [0.15, 0.2) is 59.0 Å². The Morgan fingerprint density at radius 2 is 1.89 bits per heavy atom. The molecule has 3 rings (SSSR count). The van der Waals surface area contributed by atoms with Gasteiger partial charge in [-0.1, -0.05) is 27.4 Å². The van der Waals surface area contributed by atoms with Crippen LogP contribution in [0.2, 0.25) is 0 Å². The quantitative estimate of drug-likeness (QED) is 0.323. The van der Waals surface area contributed by atoms with E-state index in [0.717, 1.165) is 22.5 Å². The van der Waals surface area contributed by atoms with Crippen molar-refractivity contribution < 1.29 is 28.8 Å². The van der Waals surface area contributed by atoms with Crippen LogP contribution in [0, 0.1) is 5.92 Å². The summed E-state index contributed by atoms with van der Waals surface area (Å²) in [6.45, 7) is 13.7. The van der Waals surface area contributed by atoms with Gasteiger partial charge in [0.05, 0.1) is 25.5 Å². The second kappa shape index (κ2) is 12.5. The first-order valence-corrected chi connectivity index (χ1v) is 12.6. The predicted molar refractivity (Wildman–Crippen MR) is 144 cm³/mol. The van der Waals surface area contributed by atoms with E-state index < -0.39 is 0 Å². The summed E-state index contributed by atoms with van der Waals surface area (Å²) in [5, 5.41) is 15.5. The molecule has 8 nitrogen and oxygen atoms in total. The molecule has 1 N–H and O–H groups in total. The van der Waals surface area contributed by atoms with Gasteiger partial charge in [0.1, 0.15) is 11.9 Å². The van der Waals surface area contributed by atoms with Crippen LogP contribution in [0.5, 0.6) is 5.75 Å². The first kappa shape index (κ1) is 28.6. The number of ketones is 1. The number of benzene rings is 1. The van der Waals surface area contributed by atoms with Crippen LogP contribution in [0.4, 0.5) is 0 Å². The van der Waals surface area contributed by atoms with Crippen molar-refractivity contribution in [1.29, 1.82) is 0 Å². The van der Waals surface area contributed by atoms with Crippen molar-refractivity contribution in [2.75, 3.05) is 40.6 Å². The molecule has 0 radical (unpaired) electrons. The summed E-state index contributed by atoms with van der Waals surface area (Å²) in [4.78, 5) is 13.5. The van der Waals surface area contributed by atoms with Gasteiger partial charge in [-0.15, -0.1) is 5.10 Å². The van der Waals surface area contributed by atoms with Crippen LogP contribution in [-0.4, -0.2) is 68.5 Å². The topological polar surface area (TPSA) is 89.8 Å². The minimum Gasteiger partial charge on any atom is -0.493 e. The summed E-state index contributed by atoms with van der Waals surface area (Å²) in [6, 6.07) is 5.70. The van der Waals surface area contributed by atoms with Crippen LogP contribution >= 0.6 is 0 Å². The summed E-state index contributed by atoms with van der Waals surface area (Å²) in [5.41, 5.74) is 4.07. The lowest BCUT2D eigenvalue weighted by Gasteiger charge is -2.26. The molecule has 0 spiro atoms. The Labute approximate surface area is 220 Å². The van der Waals surface area contributed by atoms with Crippen LogP contribution in [0.25, 0.3) is 0 Å². The molecule has 1 aromatic carbocycles. The number of aliphatic hydroxyl groups excluding tert-OH is 1. The summed E-state index contributed by atoms with van der Waals surface area (Å²) in [5.74, 6) is 0.893. The molecule has 1 atom stereocenters. The maximum Gasteiger partial charge on any atom is 0.232 e. The lowest BCUT2D eigenvalue weighted by atomic mass is 9.85. The fourth-order valence-corrected chi connectivity index (χ4v) is 4.21. The van der Waals surface area contributed by atoms with E-state index in [4.69, 9.17) is 24.1 Å². The highest BCUT2D eigenvalue weighted by Gasteiger charge is 2.33. The zero-order chi connectivity index (χ0) is 27.2. The SMILES string of the molecule is C=C1C(CC(=O)c2cc(OCCCO)cc(C(C)(C)C)c2)C=C2C(C)=CC(OC(COC)COC)=NN12. The molecule has 0 fully saturated rings. The maximum atomic E-state index is 13.5. The molecule has 0 aliphatic carbocycles. The number of fused-ring (bicyclic) bond motifs is 1. The van der Waals surface area contributed by atoms with Gasteiger partial charge in [-0.05, 0) is 47.8 Å². The van der Waals surface area contributed by atoms with Gasteiger partial charge in [-0.25, -0.2) is 5.01 Å². The van der Waals surface area contributed by atoms with E-state index >= 15 is 0 Å². The number of rotatable bonds is 12. The van der Waals surface area contributed by atoms with E-state index in [1.165, 1.54) is 0 Å². The molecule has 1 unspecified atom stereocenters. The zero-order valence-corrected chi connectivity index (χ0v) is 22.9. The predicted octanol–water partition coefficient (Wildman–Crippen LogP) is 4.60. The maximum absolute atomic E-state index is 13.5. The third-order valence-electron chi connectivity index (χ3n) is 6.29. The van der Waals surface area contributed by atoms with Crippen molar-refractivity contribution in [3.05, 3.63) is 65.0 Å². The molecule has 0 saturated carbocycles.